The predicted octanol–water partition coefficient (Wildman–Crippen LogP) is 3.77. The Labute approximate surface area is 164 Å². The Balaban J connectivity index is 1.84. The number of aromatic amines is 2. The molecule has 0 aromatic carbocycles. The van der Waals surface area contributed by atoms with E-state index in [4.69, 9.17) is 0 Å². The third-order valence-electron chi connectivity index (χ3n) is 4.73. The van der Waals surface area contributed by atoms with E-state index in [1.807, 2.05) is 48.6 Å². The molecule has 1 atom stereocenters. The number of rotatable bonds is 2. The van der Waals surface area contributed by atoms with Gasteiger partial charge in [0, 0.05) is 27.6 Å². The van der Waals surface area contributed by atoms with Gasteiger partial charge in [0.15, 0.2) is 6.10 Å². The van der Waals surface area contributed by atoms with Crippen molar-refractivity contribution in [2.45, 2.75) is 6.10 Å². The second-order valence-corrected chi connectivity index (χ2v) is 6.87. The Hall–Kier alpha value is -3.97. The lowest BCUT2D eigenvalue weighted by molar-refractivity contribution is -0.146. The van der Waals surface area contributed by atoms with Gasteiger partial charge in [-0.3, -0.25) is 0 Å². The fraction of sp³-hybridized carbons (Fsp3) is 0.0455. The summed E-state index contributed by atoms with van der Waals surface area (Å²) >= 11 is 0. The standard InChI is InChI=1S/C22H16N4O3/c27-21(22(28)29)19-10-18-9-16-4-3-14(24-16)7-12-1-2-13(23-12)8-15-5-6-17(25-15)11-20(19)26-18/h1-11,21,23,26-27H,(H,28,29). The van der Waals surface area contributed by atoms with Crippen molar-refractivity contribution < 1.29 is 15.0 Å². The summed E-state index contributed by atoms with van der Waals surface area (Å²) < 4.78 is 0. The Morgan fingerprint density at radius 3 is 1.83 bits per heavy atom. The van der Waals surface area contributed by atoms with Crippen molar-refractivity contribution in [2.75, 3.05) is 0 Å². The number of nitrogens with one attached hydrogen (secondary N) is 2. The molecular weight excluding hydrogens is 368 g/mol. The van der Waals surface area contributed by atoms with Gasteiger partial charge < -0.3 is 20.2 Å². The van der Waals surface area contributed by atoms with Crippen LogP contribution in [0.15, 0.2) is 42.5 Å². The number of hydrogen-bond acceptors (Lipinski definition) is 4. The number of carboxylic acid groups (broad SMARTS) is 1. The van der Waals surface area contributed by atoms with Crippen LogP contribution >= 0.6 is 0 Å². The number of aliphatic hydroxyl groups excluding tert-OH is 1. The fourth-order valence-corrected chi connectivity index (χ4v) is 3.40. The van der Waals surface area contributed by atoms with E-state index in [1.54, 1.807) is 18.2 Å². The Bertz CT molecular complexity index is 1360. The molecule has 4 N–H and O–H groups in total. The highest BCUT2D eigenvalue weighted by molar-refractivity contribution is 5.82. The molecule has 142 valence electrons. The summed E-state index contributed by atoms with van der Waals surface area (Å²) in [4.78, 5) is 26.9. The largest absolute Gasteiger partial charge is 0.479 e. The van der Waals surface area contributed by atoms with Crippen molar-refractivity contribution in [3.05, 3.63) is 70.8 Å². The molecule has 29 heavy (non-hydrogen) atoms. The fourth-order valence-electron chi connectivity index (χ4n) is 3.40. The SMILES string of the molecule is O=C(O)C(O)c1cc2cc3nc(cc4ccc(cc5nc(cc1[nH]2)C=C5)[nH]4)C=C3. The van der Waals surface area contributed by atoms with E-state index in [-0.39, 0.29) is 5.56 Å². The molecule has 0 aliphatic carbocycles. The van der Waals surface area contributed by atoms with Crippen molar-refractivity contribution in [2.24, 2.45) is 0 Å². The van der Waals surface area contributed by atoms with E-state index in [1.165, 1.54) is 0 Å². The van der Waals surface area contributed by atoms with Crippen molar-refractivity contribution in [1.29, 1.82) is 0 Å². The predicted molar refractivity (Wildman–Crippen MR) is 111 cm³/mol. The zero-order valence-corrected chi connectivity index (χ0v) is 15.1. The maximum atomic E-state index is 11.3. The first-order valence-electron chi connectivity index (χ1n) is 9.03. The first-order valence-corrected chi connectivity index (χ1v) is 9.03. The Morgan fingerprint density at radius 2 is 1.28 bits per heavy atom. The number of nitrogens with zero attached hydrogens (tertiary/aromatic N) is 2. The molecule has 2 aliphatic rings. The molecule has 8 bridgehead atoms. The van der Waals surface area contributed by atoms with Gasteiger partial charge in [0.05, 0.1) is 22.8 Å². The van der Waals surface area contributed by atoms with Crippen molar-refractivity contribution in [1.82, 2.24) is 19.9 Å². The first-order chi connectivity index (χ1) is 14.0. The Morgan fingerprint density at radius 1 is 0.759 bits per heavy atom. The molecule has 7 heteroatoms. The normalized spacial score (nSPS) is 13.6. The molecule has 3 aromatic heterocycles. The van der Waals surface area contributed by atoms with Crippen LogP contribution in [-0.4, -0.2) is 36.1 Å². The third kappa shape index (κ3) is 3.35. The molecule has 7 nitrogen and oxygen atoms in total. The summed E-state index contributed by atoms with van der Waals surface area (Å²) in [6.45, 7) is 0. The van der Waals surface area contributed by atoms with Gasteiger partial charge >= 0.3 is 5.97 Å². The summed E-state index contributed by atoms with van der Waals surface area (Å²) in [5.74, 6) is -1.31. The zero-order valence-electron chi connectivity index (χ0n) is 15.1. The average molecular weight is 384 g/mol. The number of carbonyl (C=O) groups is 1. The van der Waals surface area contributed by atoms with E-state index in [2.05, 4.69) is 19.9 Å². The van der Waals surface area contributed by atoms with Gasteiger partial charge in [-0.15, -0.1) is 0 Å². The number of fused-ring (bicyclic) bond motifs is 8. The molecular formula is C22H16N4O3. The molecule has 0 radical (unpaired) electrons. The highest BCUT2D eigenvalue weighted by Crippen LogP contribution is 2.24. The summed E-state index contributed by atoms with van der Waals surface area (Å²) in [5.41, 5.74) is 6.19. The van der Waals surface area contributed by atoms with Gasteiger partial charge in [0.2, 0.25) is 0 Å². The minimum absolute atomic E-state index is 0.272. The van der Waals surface area contributed by atoms with Crippen LogP contribution in [0.2, 0.25) is 0 Å². The molecule has 2 aliphatic heterocycles. The van der Waals surface area contributed by atoms with Crippen LogP contribution in [0.25, 0.3) is 46.4 Å². The van der Waals surface area contributed by atoms with Crippen molar-refractivity contribution >= 4 is 52.3 Å². The van der Waals surface area contributed by atoms with Crippen molar-refractivity contribution in [3.8, 4) is 0 Å². The van der Waals surface area contributed by atoms with Gasteiger partial charge in [-0.2, -0.15) is 0 Å². The van der Waals surface area contributed by atoms with Gasteiger partial charge in [-0.05, 0) is 66.8 Å². The number of aliphatic carboxylic acids is 1. The minimum Gasteiger partial charge on any atom is -0.479 e. The maximum absolute atomic E-state index is 11.3. The minimum atomic E-state index is -1.64. The highest BCUT2D eigenvalue weighted by atomic mass is 16.4. The second kappa shape index (κ2) is 6.57. The van der Waals surface area contributed by atoms with Crippen LogP contribution in [0.1, 0.15) is 34.4 Å². The van der Waals surface area contributed by atoms with Crippen LogP contribution in [0.4, 0.5) is 0 Å². The lowest BCUT2D eigenvalue weighted by Crippen LogP contribution is -2.09. The van der Waals surface area contributed by atoms with Crippen LogP contribution in [0.3, 0.4) is 0 Å². The summed E-state index contributed by atoms with van der Waals surface area (Å²) in [6.07, 6.45) is 5.86. The van der Waals surface area contributed by atoms with E-state index in [0.717, 1.165) is 28.1 Å². The number of carboxylic acids is 1. The maximum Gasteiger partial charge on any atom is 0.337 e. The van der Waals surface area contributed by atoms with Crippen molar-refractivity contribution in [3.63, 3.8) is 0 Å². The summed E-state index contributed by atoms with van der Waals surface area (Å²) in [5, 5.41) is 19.4. The van der Waals surface area contributed by atoms with E-state index in [9.17, 15) is 15.0 Å². The van der Waals surface area contributed by atoms with Crippen LogP contribution in [-0.2, 0) is 4.79 Å². The molecule has 1 unspecified atom stereocenters. The number of hydrogen-bond donors (Lipinski definition) is 4. The molecule has 0 fully saturated rings. The molecule has 0 spiro atoms. The van der Waals surface area contributed by atoms with Crippen LogP contribution in [0, 0.1) is 0 Å². The molecule has 5 heterocycles. The monoisotopic (exact) mass is 384 g/mol. The molecule has 0 amide bonds. The van der Waals surface area contributed by atoms with E-state index in [0.29, 0.717) is 16.7 Å². The molecule has 5 rings (SSSR count). The van der Waals surface area contributed by atoms with Gasteiger partial charge in [-0.25, -0.2) is 14.8 Å². The smallest absolute Gasteiger partial charge is 0.337 e. The lowest BCUT2D eigenvalue weighted by Gasteiger charge is -2.02. The van der Waals surface area contributed by atoms with Gasteiger partial charge in [-0.1, -0.05) is 0 Å². The van der Waals surface area contributed by atoms with E-state index < -0.39 is 12.1 Å². The third-order valence-corrected chi connectivity index (χ3v) is 4.73. The average Bonchev–Trinajstić information content (AvgIpc) is 3.45. The molecule has 0 saturated carbocycles. The van der Waals surface area contributed by atoms with Crippen LogP contribution < -0.4 is 0 Å². The van der Waals surface area contributed by atoms with E-state index >= 15 is 0 Å². The number of H-pyrrole nitrogens is 2. The number of aromatic nitrogens is 4. The summed E-state index contributed by atoms with van der Waals surface area (Å²) in [7, 11) is 0. The Kier molecular flexibility index (Phi) is 3.89. The van der Waals surface area contributed by atoms with Crippen LogP contribution in [0.5, 0.6) is 0 Å². The lowest BCUT2D eigenvalue weighted by atomic mass is 10.1. The molecule has 3 aromatic rings. The first kappa shape index (κ1) is 17.2. The summed E-state index contributed by atoms with van der Waals surface area (Å²) in [6, 6.07) is 13.0. The molecule has 0 saturated heterocycles. The number of aliphatic hydroxyl groups is 1. The topological polar surface area (TPSA) is 115 Å². The quantitative estimate of drug-likeness (QED) is 0.370. The zero-order chi connectivity index (χ0) is 20.0. The van der Waals surface area contributed by atoms with Gasteiger partial charge in [0.25, 0.3) is 0 Å². The second-order valence-electron chi connectivity index (χ2n) is 6.87. The van der Waals surface area contributed by atoms with Gasteiger partial charge in [0.1, 0.15) is 0 Å². The highest BCUT2D eigenvalue weighted by Gasteiger charge is 2.19.